The number of fused-ring (bicyclic) bond motifs is 1. The predicted octanol–water partition coefficient (Wildman–Crippen LogP) is 2.56. The number of methoxy groups -OCH3 is 1. The molecule has 1 N–H and O–H groups in total. The van der Waals surface area contributed by atoms with E-state index in [0.29, 0.717) is 27.6 Å². The number of amides is 1. The number of ether oxygens (including phenoxy) is 1. The summed E-state index contributed by atoms with van der Waals surface area (Å²) in [7, 11) is 1.30. The quantitative estimate of drug-likeness (QED) is 0.474. The fraction of sp³-hybridized carbons (Fsp3) is 0.125. The number of esters is 1. The van der Waals surface area contributed by atoms with Gasteiger partial charge in [0.25, 0.3) is 11.5 Å². The Balaban J connectivity index is 1.59. The lowest BCUT2D eigenvalue weighted by atomic mass is 10.1. The van der Waals surface area contributed by atoms with Crippen LogP contribution >= 0.6 is 0 Å². The molecule has 0 spiro atoms. The van der Waals surface area contributed by atoms with Crippen molar-refractivity contribution in [1.29, 1.82) is 0 Å². The van der Waals surface area contributed by atoms with Crippen molar-refractivity contribution in [2.45, 2.75) is 13.1 Å². The summed E-state index contributed by atoms with van der Waals surface area (Å²) in [5, 5.41) is 8.55. The van der Waals surface area contributed by atoms with E-state index < -0.39 is 5.97 Å². The second-order valence-electron chi connectivity index (χ2n) is 7.07. The lowest BCUT2D eigenvalue weighted by Crippen LogP contribution is -2.29. The number of hydrogen-bond donors (Lipinski definition) is 1. The number of nitrogens with one attached hydrogen (secondary N) is 1. The molecule has 1 amide bonds. The van der Waals surface area contributed by atoms with Crippen LogP contribution in [0.3, 0.4) is 0 Å². The minimum atomic E-state index is -0.469. The van der Waals surface area contributed by atoms with Gasteiger partial charge in [-0.1, -0.05) is 24.3 Å². The van der Waals surface area contributed by atoms with Crippen molar-refractivity contribution < 1.29 is 14.3 Å². The summed E-state index contributed by atoms with van der Waals surface area (Å²) < 4.78 is 6.05. The first kappa shape index (κ1) is 20.9. The van der Waals surface area contributed by atoms with Gasteiger partial charge in [-0.3, -0.25) is 14.6 Å². The summed E-state index contributed by atoms with van der Waals surface area (Å²) in [4.78, 5) is 41.2. The number of aromatic nitrogens is 3. The summed E-state index contributed by atoms with van der Waals surface area (Å²) >= 11 is 0. The normalized spacial score (nSPS) is 10.7. The zero-order valence-corrected chi connectivity index (χ0v) is 17.3. The van der Waals surface area contributed by atoms with Crippen LogP contribution in [-0.2, 0) is 17.8 Å². The van der Waals surface area contributed by atoms with E-state index >= 15 is 0 Å². The zero-order valence-electron chi connectivity index (χ0n) is 17.3. The first-order valence-corrected chi connectivity index (χ1v) is 9.91. The van der Waals surface area contributed by atoms with Gasteiger partial charge in [0.05, 0.1) is 36.8 Å². The van der Waals surface area contributed by atoms with Gasteiger partial charge in [0.1, 0.15) is 0 Å². The zero-order chi connectivity index (χ0) is 22.5. The molecule has 2 heterocycles. The summed E-state index contributed by atoms with van der Waals surface area (Å²) in [6.45, 7) is 0.402. The van der Waals surface area contributed by atoms with Crippen LogP contribution in [0.1, 0.15) is 32.0 Å². The number of carbonyl (C=O) groups is 2. The third-order valence-electron chi connectivity index (χ3n) is 4.98. The van der Waals surface area contributed by atoms with E-state index in [1.54, 1.807) is 42.7 Å². The highest BCUT2D eigenvalue weighted by Gasteiger charge is 2.13. The third-order valence-corrected chi connectivity index (χ3v) is 4.98. The minimum Gasteiger partial charge on any atom is -0.465 e. The van der Waals surface area contributed by atoms with E-state index in [1.807, 2.05) is 18.2 Å². The first-order chi connectivity index (χ1) is 15.6. The molecule has 0 fully saturated rings. The Morgan fingerprint density at radius 3 is 2.38 bits per heavy atom. The van der Waals surface area contributed by atoms with Gasteiger partial charge < -0.3 is 10.1 Å². The standard InChI is InChI=1S/C24H20N4O4/c1-32-24(31)18-10-8-17(9-11-18)22(29)26-14-21-19-6-2-3-7-20(19)23(30)28(27-21)15-16-5-4-12-25-13-16/h2-13H,14-15H2,1H3,(H,26,29). The maximum Gasteiger partial charge on any atom is 0.337 e. The van der Waals surface area contributed by atoms with Crippen LogP contribution in [0.15, 0.2) is 77.9 Å². The van der Waals surface area contributed by atoms with Crippen molar-refractivity contribution in [2.24, 2.45) is 0 Å². The average molecular weight is 428 g/mol. The van der Waals surface area contributed by atoms with E-state index in [1.165, 1.54) is 23.9 Å². The van der Waals surface area contributed by atoms with Gasteiger partial charge in [-0.25, -0.2) is 9.48 Å². The van der Waals surface area contributed by atoms with Crippen LogP contribution < -0.4 is 10.9 Å². The summed E-state index contributed by atoms with van der Waals surface area (Å²) in [6, 6.07) is 17.0. The van der Waals surface area contributed by atoms with Gasteiger partial charge in [0.15, 0.2) is 0 Å². The molecule has 4 aromatic rings. The number of rotatable bonds is 6. The van der Waals surface area contributed by atoms with E-state index in [0.717, 1.165) is 5.56 Å². The molecule has 0 saturated heterocycles. The predicted molar refractivity (Wildman–Crippen MR) is 118 cm³/mol. The Morgan fingerprint density at radius 2 is 1.69 bits per heavy atom. The number of carbonyl (C=O) groups excluding carboxylic acids is 2. The number of hydrogen-bond acceptors (Lipinski definition) is 6. The summed E-state index contributed by atoms with van der Waals surface area (Å²) in [5.41, 5.74) is 1.96. The van der Waals surface area contributed by atoms with Crippen molar-refractivity contribution >= 4 is 22.6 Å². The highest BCUT2D eigenvalue weighted by Crippen LogP contribution is 2.14. The SMILES string of the molecule is COC(=O)c1ccc(C(=O)NCc2nn(Cc3cccnc3)c(=O)c3ccccc23)cc1. The van der Waals surface area contributed by atoms with Gasteiger partial charge >= 0.3 is 5.97 Å². The molecule has 0 aliphatic rings. The molecule has 0 bridgehead atoms. The number of pyridine rings is 1. The molecule has 0 aliphatic carbocycles. The largest absolute Gasteiger partial charge is 0.465 e. The molecule has 0 unspecified atom stereocenters. The van der Waals surface area contributed by atoms with Crippen LogP contribution in [0.2, 0.25) is 0 Å². The van der Waals surface area contributed by atoms with Gasteiger partial charge in [-0.15, -0.1) is 0 Å². The average Bonchev–Trinajstić information content (AvgIpc) is 2.85. The molecule has 4 rings (SSSR count). The molecule has 0 radical (unpaired) electrons. The Labute approximate surface area is 183 Å². The lowest BCUT2D eigenvalue weighted by molar-refractivity contribution is 0.0600. The second kappa shape index (κ2) is 9.22. The first-order valence-electron chi connectivity index (χ1n) is 9.91. The van der Waals surface area contributed by atoms with Crippen LogP contribution in [0.5, 0.6) is 0 Å². The molecule has 32 heavy (non-hydrogen) atoms. The van der Waals surface area contributed by atoms with Crippen molar-refractivity contribution in [3.8, 4) is 0 Å². The molecular formula is C24H20N4O4. The highest BCUT2D eigenvalue weighted by molar-refractivity contribution is 5.96. The van der Waals surface area contributed by atoms with E-state index in [2.05, 4.69) is 20.1 Å². The van der Waals surface area contributed by atoms with Gasteiger partial charge in [0, 0.05) is 23.3 Å². The van der Waals surface area contributed by atoms with Crippen LogP contribution in [0, 0.1) is 0 Å². The fourth-order valence-electron chi connectivity index (χ4n) is 3.35. The molecule has 160 valence electrons. The topological polar surface area (TPSA) is 103 Å². The molecule has 0 saturated carbocycles. The number of benzene rings is 2. The fourth-order valence-corrected chi connectivity index (χ4v) is 3.35. The van der Waals surface area contributed by atoms with Crippen molar-refractivity contribution in [1.82, 2.24) is 20.1 Å². The molecule has 8 nitrogen and oxygen atoms in total. The second-order valence-corrected chi connectivity index (χ2v) is 7.07. The molecule has 8 heteroatoms. The molecular weight excluding hydrogens is 408 g/mol. The smallest absolute Gasteiger partial charge is 0.337 e. The Bertz CT molecular complexity index is 1330. The molecule has 0 atom stereocenters. The van der Waals surface area contributed by atoms with Gasteiger partial charge in [-0.05, 0) is 42.0 Å². The van der Waals surface area contributed by atoms with Crippen molar-refractivity contribution in [3.05, 3.63) is 106 Å². The van der Waals surface area contributed by atoms with E-state index in [-0.39, 0.29) is 24.6 Å². The van der Waals surface area contributed by atoms with Gasteiger partial charge in [-0.2, -0.15) is 5.10 Å². The Hall–Kier alpha value is -4.33. The van der Waals surface area contributed by atoms with Crippen LogP contribution in [0.25, 0.3) is 10.8 Å². The van der Waals surface area contributed by atoms with E-state index in [9.17, 15) is 14.4 Å². The number of nitrogens with zero attached hydrogens (tertiary/aromatic N) is 3. The Kier molecular flexibility index (Phi) is 6.03. The van der Waals surface area contributed by atoms with E-state index in [4.69, 9.17) is 0 Å². The third kappa shape index (κ3) is 4.39. The summed E-state index contributed by atoms with van der Waals surface area (Å²) in [6.07, 6.45) is 3.35. The van der Waals surface area contributed by atoms with Crippen molar-refractivity contribution in [2.75, 3.05) is 7.11 Å². The Morgan fingerprint density at radius 1 is 0.969 bits per heavy atom. The minimum absolute atomic E-state index is 0.130. The molecule has 0 aliphatic heterocycles. The molecule has 2 aromatic heterocycles. The van der Waals surface area contributed by atoms with Crippen LogP contribution in [0.4, 0.5) is 0 Å². The summed E-state index contributed by atoms with van der Waals surface area (Å²) in [5.74, 6) is -0.791. The maximum absolute atomic E-state index is 12.9. The van der Waals surface area contributed by atoms with Crippen molar-refractivity contribution in [3.63, 3.8) is 0 Å². The van der Waals surface area contributed by atoms with Gasteiger partial charge in [0.2, 0.25) is 0 Å². The monoisotopic (exact) mass is 428 g/mol. The molecule has 2 aromatic carbocycles. The lowest BCUT2D eigenvalue weighted by Gasteiger charge is -2.12. The maximum atomic E-state index is 12.9. The van der Waals surface area contributed by atoms with Crippen LogP contribution in [-0.4, -0.2) is 33.8 Å². The highest BCUT2D eigenvalue weighted by atomic mass is 16.5.